The minimum Gasteiger partial charge on any atom is -0.488 e. The van der Waals surface area contributed by atoms with Crippen molar-refractivity contribution in [2.45, 2.75) is 13.2 Å². The van der Waals surface area contributed by atoms with Crippen LogP contribution in [0.1, 0.15) is 21.5 Å². The molecule has 1 aliphatic heterocycles. The number of anilines is 1. The van der Waals surface area contributed by atoms with Gasteiger partial charge in [0.1, 0.15) is 12.4 Å². The number of hydrogen-bond acceptors (Lipinski definition) is 5. The van der Waals surface area contributed by atoms with Gasteiger partial charge in [-0.05, 0) is 23.8 Å². The Labute approximate surface area is 174 Å². The van der Waals surface area contributed by atoms with E-state index in [-0.39, 0.29) is 11.6 Å². The van der Waals surface area contributed by atoms with Crippen LogP contribution in [0.3, 0.4) is 0 Å². The first-order valence-corrected chi connectivity index (χ1v) is 9.69. The molecule has 0 fully saturated rings. The number of nitro benzene ring substituents is 1. The van der Waals surface area contributed by atoms with Crippen LogP contribution in [0, 0.1) is 10.1 Å². The molecule has 0 unspecified atom stereocenters. The van der Waals surface area contributed by atoms with Gasteiger partial charge in [-0.2, -0.15) is 0 Å². The molecule has 0 aromatic heterocycles. The Morgan fingerprint density at radius 2 is 1.73 bits per heavy atom. The largest absolute Gasteiger partial charge is 0.488 e. The number of nitrogens with zero attached hydrogens (tertiary/aromatic N) is 2. The summed E-state index contributed by atoms with van der Waals surface area (Å²) in [6.07, 6.45) is 0. The molecular formula is C23H21N3O4. The zero-order valence-corrected chi connectivity index (χ0v) is 16.3. The van der Waals surface area contributed by atoms with Crippen molar-refractivity contribution < 1.29 is 14.5 Å². The lowest BCUT2D eigenvalue weighted by Crippen LogP contribution is -2.38. The topological polar surface area (TPSA) is 84.7 Å². The summed E-state index contributed by atoms with van der Waals surface area (Å²) < 4.78 is 5.87. The van der Waals surface area contributed by atoms with E-state index in [2.05, 4.69) is 5.32 Å². The zero-order chi connectivity index (χ0) is 20.9. The minimum absolute atomic E-state index is 0.0717. The van der Waals surface area contributed by atoms with E-state index in [1.807, 2.05) is 42.5 Å². The molecule has 0 bridgehead atoms. The molecule has 1 amide bonds. The van der Waals surface area contributed by atoms with Gasteiger partial charge < -0.3 is 15.0 Å². The highest BCUT2D eigenvalue weighted by atomic mass is 16.6. The normalized spacial score (nSPS) is 12.9. The fourth-order valence-electron chi connectivity index (χ4n) is 3.46. The van der Waals surface area contributed by atoms with Gasteiger partial charge >= 0.3 is 0 Å². The number of carbonyl (C=O) groups is 1. The Kier molecular flexibility index (Phi) is 5.72. The molecule has 7 nitrogen and oxygen atoms in total. The Hall–Kier alpha value is -3.71. The van der Waals surface area contributed by atoms with Gasteiger partial charge in [0, 0.05) is 37.3 Å². The van der Waals surface area contributed by atoms with Gasteiger partial charge in [0.05, 0.1) is 16.2 Å². The number of amides is 1. The molecule has 0 saturated carbocycles. The van der Waals surface area contributed by atoms with Crippen LogP contribution in [0.5, 0.6) is 5.75 Å². The molecule has 0 atom stereocenters. The summed E-state index contributed by atoms with van der Waals surface area (Å²) in [5, 5.41) is 14.1. The van der Waals surface area contributed by atoms with Crippen LogP contribution in [-0.4, -0.2) is 23.9 Å². The molecule has 4 rings (SSSR count). The van der Waals surface area contributed by atoms with Gasteiger partial charge in [0.15, 0.2) is 0 Å². The third-order valence-electron chi connectivity index (χ3n) is 5.02. The van der Waals surface area contributed by atoms with Crippen molar-refractivity contribution in [1.29, 1.82) is 0 Å². The second-order valence-corrected chi connectivity index (χ2v) is 6.97. The summed E-state index contributed by atoms with van der Waals surface area (Å²) in [4.78, 5) is 25.4. The Morgan fingerprint density at radius 3 is 2.53 bits per heavy atom. The van der Waals surface area contributed by atoms with Gasteiger partial charge in [-0.25, -0.2) is 0 Å². The lowest BCUT2D eigenvalue weighted by molar-refractivity contribution is -0.384. The number of carbonyl (C=O) groups excluding carboxylic acids is 1. The molecule has 1 heterocycles. The SMILES string of the molecule is O=C1c2ccccc2OCc2ccccc2N1CCNCc1ccc([N+](=O)[O-])cc1. The monoisotopic (exact) mass is 403 g/mol. The molecule has 0 radical (unpaired) electrons. The van der Waals surface area contributed by atoms with Gasteiger partial charge in [-0.15, -0.1) is 0 Å². The highest BCUT2D eigenvalue weighted by molar-refractivity contribution is 6.08. The summed E-state index contributed by atoms with van der Waals surface area (Å²) >= 11 is 0. The highest BCUT2D eigenvalue weighted by Gasteiger charge is 2.25. The van der Waals surface area contributed by atoms with E-state index in [1.165, 1.54) is 12.1 Å². The van der Waals surface area contributed by atoms with Gasteiger partial charge in [-0.3, -0.25) is 14.9 Å². The van der Waals surface area contributed by atoms with Crippen molar-refractivity contribution in [3.63, 3.8) is 0 Å². The highest BCUT2D eigenvalue weighted by Crippen LogP contribution is 2.30. The van der Waals surface area contributed by atoms with E-state index in [4.69, 9.17) is 4.74 Å². The maximum absolute atomic E-state index is 13.3. The smallest absolute Gasteiger partial charge is 0.269 e. The maximum Gasteiger partial charge on any atom is 0.269 e. The molecule has 3 aromatic rings. The van der Waals surface area contributed by atoms with Crippen LogP contribution in [-0.2, 0) is 13.2 Å². The summed E-state index contributed by atoms with van der Waals surface area (Å²) in [5.74, 6) is 0.482. The molecule has 3 aromatic carbocycles. The van der Waals surface area contributed by atoms with Crippen molar-refractivity contribution in [2.75, 3.05) is 18.0 Å². The lowest BCUT2D eigenvalue weighted by atomic mass is 10.1. The standard InChI is InChI=1S/C23H21N3O4/c27-23-20-6-2-4-8-22(20)30-16-18-5-1-3-7-21(18)25(23)14-13-24-15-17-9-11-19(12-10-17)26(28)29/h1-12,24H,13-16H2. The fourth-order valence-corrected chi connectivity index (χ4v) is 3.46. The Morgan fingerprint density at radius 1 is 1.00 bits per heavy atom. The van der Waals surface area contributed by atoms with E-state index in [1.54, 1.807) is 23.1 Å². The average molecular weight is 403 g/mol. The summed E-state index contributed by atoms with van der Waals surface area (Å²) in [5.41, 5.74) is 3.36. The van der Waals surface area contributed by atoms with E-state index in [9.17, 15) is 14.9 Å². The summed E-state index contributed by atoms with van der Waals surface area (Å²) in [7, 11) is 0. The lowest BCUT2D eigenvalue weighted by Gasteiger charge is -2.28. The predicted octanol–water partition coefficient (Wildman–Crippen LogP) is 3.92. The van der Waals surface area contributed by atoms with Gasteiger partial charge in [0.25, 0.3) is 11.6 Å². The number of fused-ring (bicyclic) bond motifs is 2. The third-order valence-corrected chi connectivity index (χ3v) is 5.02. The zero-order valence-electron chi connectivity index (χ0n) is 16.3. The first kappa shape index (κ1) is 19.6. The van der Waals surface area contributed by atoms with Crippen LogP contribution in [0.4, 0.5) is 11.4 Å². The number of benzene rings is 3. The van der Waals surface area contributed by atoms with Crippen molar-refractivity contribution in [3.8, 4) is 5.75 Å². The molecule has 1 aliphatic rings. The molecule has 0 spiro atoms. The second-order valence-electron chi connectivity index (χ2n) is 6.97. The van der Waals surface area contributed by atoms with E-state index in [0.717, 1.165) is 16.8 Å². The van der Waals surface area contributed by atoms with Crippen LogP contribution in [0.15, 0.2) is 72.8 Å². The first-order valence-electron chi connectivity index (χ1n) is 9.69. The molecule has 0 saturated heterocycles. The van der Waals surface area contributed by atoms with Crippen LogP contribution in [0.25, 0.3) is 0 Å². The van der Waals surface area contributed by atoms with E-state index < -0.39 is 4.92 Å². The molecule has 30 heavy (non-hydrogen) atoms. The van der Waals surface area contributed by atoms with Crippen LogP contribution in [0.2, 0.25) is 0 Å². The first-order chi connectivity index (χ1) is 14.6. The van der Waals surface area contributed by atoms with Crippen molar-refractivity contribution in [3.05, 3.63) is 99.6 Å². The Balaban J connectivity index is 1.47. The van der Waals surface area contributed by atoms with E-state index >= 15 is 0 Å². The summed E-state index contributed by atoms with van der Waals surface area (Å²) in [6.45, 7) is 2.01. The molecule has 1 N–H and O–H groups in total. The molecule has 7 heteroatoms. The second kappa shape index (κ2) is 8.75. The van der Waals surface area contributed by atoms with Crippen LogP contribution >= 0.6 is 0 Å². The number of ether oxygens (including phenoxy) is 1. The Bertz CT molecular complexity index is 1070. The molecule has 0 aliphatic carbocycles. The third kappa shape index (κ3) is 4.16. The van der Waals surface area contributed by atoms with Crippen molar-refractivity contribution >= 4 is 17.3 Å². The molecule has 152 valence electrons. The number of nitro groups is 1. The van der Waals surface area contributed by atoms with Crippen molar-refractivity contribution in [1.82, 2.24) is 5.32 Å². The quantitative estimate of drug-likeness (QED) is 0.383. The number of hydrogen-bond donors (Lipinski definition) is 1. The van der Waals surface area contributed by atoms with Gasteiger partial charge in [0.2, 0.25) is 0 Å². The van der Waals surface area contributed by atoms with Crippen LogP contribution < -0.4 is 15.0 Å². The number of rotatable bonds is 6. The summed E-state index contributed by atoms with van der Waals surface area (Å²) in [6, 6.07) is 21.5. The fraction of sp³-hybridized carbons (Fsp3) is 0.174. The number of non-ortho nitro benzene ring substituents is 1. The maximum atomic E-state index is 13.3. The minimum atomic E-state index is -0.413. The van der Waals surface area contributed by atoms with Gasteiger partial charge in [-0.1, -0.05) is 42.5 Å². The van der Waals surface area contributed by atoms with Crippen molar-refractivity contribution in [2.24, 2.45) is 0 Å². The van der Waals surface area contributed by atoms with E-state index in [0.29, 0.717) is 37.6 Å². The molecular weight excluding hydrogens is 382 g/mol. The number of para-hydroxylation sites is 2. The predicted molar refractivity (Wildman–Crippen MR) is 114 cm³/mol. The number of nitrogens with one attached hydrogen (secondary N) is 1. The average Bonchev–Trinajstić information content (AvgIpc) is 2.77.